The molecule has 0 aromatic heterocycles. The largest absolute Gasteiger partial charge is 0.494 e. The van der Waals surface area contributed by atoms with Gasteiger partial charge in [0.2, 0.25) is 0 Å². The number of nitro groups is 1. The molecule has 0 atom stereocenters. The molecular formula is C17H16N2O4. The summed E-state index contributed by atoms with van der Waals surface area (Å²) in [6.45, 7) is 1.69. The fraction of sp³-hybridized carbons (Fsp3) is 0.118. The Balaban J connectivity index is 2.20. The van der Waals surface area contributed by atoms with Gasteiger partial charge in [-0.15, -0.1) is 0 Å². The summed E-state index contributed by atoms with van der Waals surface area (Å²) in [5.41, 5.74) is 1.70. The van der Waals surface area contributed by atoms with Crippen LogP contribution in [-0.4, -0.2) is 17.9 Å². The molecule has 0 aliphatic heterocycles. The third-order valence-corrected chi connectivity index (χ3v) is 3.19. The summed E-state index contributed by atoms with van der Waals surface area (Å²) in [5, 5.41) is 13.5. The summed E-state index contributed by atoms with van der Waals surface area (Å²) in [6.07, 6.45) is 1.76. The third kappa shape index (κ3) is 4.16. The van der Waals surface area contributed by atoms with Crippen molar-refractivity contribution in [3.8, 4) is 5.75 Å². The van der Waals surface area contributed by atoms with E-state index in [1.165, 1.54) is 25.3 Å². The molecular weight excluding hydrogens is 296 g/mol. The van der Waals surface area contributed by atoms with Crippen molar-refractivity contribution < 1.29 is 14.5 Å². The average Bonchev–Trinajstić information content (AvgIpc) is 2.55. The van der Waals surface area contributed by atoms with Gasteiger partial charge < -0.3 is 10.1 Å². The highest BCUT2D eigenvalue weighted by molar-refractivity contribution is 6.07. The molecule has 6 nitrogen and oxygen atoms in total. The van der Waals surface area contributed by atoms with Gasteiger partial charge in [-0.05, 0) is 24.6 Å². The van der Waals surface area contributed by atoms with E-state index in [9.17, 15) is 14.9 Å². The number of methoxy groups -OCH3 is 1. The number of benzene rings is 2. The molecule has 23 heavy (non-hydrogen) atoms. The molecule has 6 heteroatoms. The Morgan fingerprint density at radius 3 is 2.52 bits per heavy atom. The van der Waals surface area contributed by atoms with Crippen molar-refractivity contribution in [1.82, 2.24) is 0 Å². The Morgan fingerprint density at radius 1 is 1.22 bits per heavy atom. The van der Waals surface area contributed by atoms with Crippen LogP contribution in [0.15, 0.2) is 54.1 Å². The van der Waals surface area contributed by atoms with Crippen LogP contribution in [0.25, 0.3) is 6.08 Å². The first-order valence-electron chi connectivity index (χ1n) is 6.88. The van der Waals surface area contributed by atoms with Crippen molar-refractivity contribution in [2.75, 3.05) is 12.4 Å². The number of rotatable bonds is 5. The number of nitro benzene ring substituents is 1. The summed E-state index contributed by atoms with van der Waals surface area (Å²) < 4.78 is 5.10. The highest BCUT2D eigenvalue weighted by Crippen LogP contribution is 2.29. The zero-order valence-electron chi connectivity index (χ0n) is 12.8. The third-order valence-electron chi connectivity index (χ3n) is 3.19. The van der Waals surface area contributed by atoms with Gasteiger partial charge in [-0.1, -0.05) is 30.3 Å². The number of carbonyl (C=O) groups excluding carboxylic acids is 1. The maximum atomic E-state index is 12.2. The monoisotopic (exact) mass is 312 g/mol. The number of carbonyl (C=O) groups is 1. The van der Waals surface area contributed by atoms with Gasteiger partial charge in [0.1, 0.15) is 5.75 Å². The predicted octanol–water partition coefficient (Wildman–Crippen LogP) is 3.65. The normalized spacial score (nSPS) is 11.0. The second-order valence-corrected chi connectivity index (χ2v) is 4.83. The van der Waals surface area contributed by atoms with Crippen molar-refractivity contribution in [1.29, 1.82) is 0 Å². The molecule has 0 fully saturated rings. The zero-order valence-corrected chi connectivity index (χ0v) is 12.8. The summed E-state index contributed by atoms with van der Waals surface area (Å²) >= 11 is 0. The first kappa shape index (κ1) is 16.2. The lowest BCUT2D eigenvalue weighted by atomic mass is 10.1. The van der Waals surface area contributed by atoms with Crippen LogP contribution >= 0.6 is 0 Å². The maximum absolute atomic E-state index is 12.2. The van der Waals surface area contributed by atoms with Gasteiger partial charge in [0.05, 0.1) is 23.8 Å². The highest BCUT2D eigenvalue weighted by atomic mass is 16.6. The van der Waals surface area contributed by atoms with Crippen molar-refractivity contribution in [3.63, 3.8) is 0 Å². The Bertz CT molecular complexity index is 754. The van der Waals surface area contributed by atoms with E-state index >= 15 is 0 Å². The standard InChI is InChI=1S/C17H16N2O4/c1-12(10-13-6-4-3-5-7-13)17(20)18-15-9-8-14(19(21)22)11-16(15)23-2/h3-11H,1-2H3,(H,18,20)/b12-10+. The molecule has 0 aliphatic carbocycles. The number of non-ortho nitro benzene ring substituents is 1. The van der Waals surface area contributed by atoms with Crippen LogP contribution in [0.2, 0.25) is 0 Å². The molecule has 0 aliphatic rings. The second-order valence-electron chi connectivity index (χ2n) is 4.83. The van der Waals surface area contributed by atoms with Crippen LogP contribution < -0.4 is 10.1 Å². The van der Waals surface area contributed by atoms with Crippen LogP contribution in [0.4, 0.5) is 11.4 Å². The minimum absolute atomic E-state index is 0.101. The number of ether oxygens (including phenoxy) is 1. The van der Waals surface area contributed by atoms with E-state index in [-0.39, 0.29) is 17.3 Å². The minimum Gasteiger partial charge on any atom is -0.494 e. The van der Waals surface area contributed by atoms with Gasteiger partial charge >= 0.3 is 0 Å². The lowest BCUT2D eigenvalue weighted by Crippen LogP contribution is -2.13. The molecule has 1 amide bonds. The fourth-order valence-electron chi connectivity index (χ4n) is 1.98. The number of hydrogen-bond donors (Lipinski definition) is 1. The molecule has 0 heterocycles. The summed E-state index contributed by atoms with van der Waals surface area (Å²) in [4.78, 5) is 22.5. The van der Waals surface area contributed by atoms with Crippen molar-refractivity contribution in [3.05, 3.63) is 69.8 Å². The van der Waals surface area contributed by atoms with E-state index in [1.807, 2.05) is 30.3 Å². The van der Waals surface area contributed by atoms with Crippen LogP contribution in [0.5, 0.6) is 5.75 Å². The van der Waals surface area contributed by atoms with E-state index in [2.05, 4.69) is 5.32 Å². The smallest absolute Gasteiger partial charge is 0.273 e. The van der Waals surface area contributed by atoms with E-state index < -0.39 is 4.92 Å². The summed E-state index contributed by atoms with van der Waals surface area (Å²) in [5.74, 6) is -0.0685. The van der Waals surface area contributed by atoms with Crippen LogP contribution in [-0.2, 0) is 4.79 Å². The Labute approximate surface area is 133 Å². The maximum Gasteiger partial charge on any atom is 0.273 e. The Morgan fingerprint density at radius 2 is 1.91 bits per heavy atom. The SMILES string of the molecule is COc1cc([N+](=O)[O-])ccc1NC(=O)/C(C)=C/c1ccccc1. The van der Waals surface area contributed by atoms with Gasteiger partial charge in [-0.25, -0.2) is 0 Å². The van der Waals surface area contributed by atoms with Crippen molar-refractivity contribution in [2.24, 2.45) is 0 Å². The number of nitrogens with zero attached hydrogens (tertiary/aromatic N) is 1. The Hall–Kier alpha value is -3.15. The first-order valence-corrected chi connectivity index (χ1v) is 6.88. The number of nitrogens with one attached hydrogen (secondary N) is 1. The van der Waals surface area contributed by atoms with Gasteiger partial charge in [0.15, 0.2) is 0 Å². The molecule has 0 radical (unpaired) electrons. The minimum atomic E-state index is -0.519. The lowest BCUT2D eigenvalue weighted by molar-refractivity contribution is -0.384. The average molecular weight is 312 g/mol. The quantitative estimate of drug-likeness (QED) is 0.519. The van der Waals surface area contributed by atoms with Gasteiger partial charge in [0.25, 0.3) is 11.6 Å². The second kappa shape index (κ2) is 7.22. The first-order chi connectivity index (χ1) is 11.0. The van der Waals surface area contributed by atoms with E-state index in [0.717, 1.165) is 5.56 Å². The van der Waals surface area contributed by atoms with Crippen molar-refractivity contribution >= 4 is 23.4 Å². The number of amides is 1. The molecule has 0 saturated carbocycles. The topological polar surface area (TPSA) is 81.5 Å². The molecule has 2 aromatic carbocycles. The fourth-order valence-corrected chi connectivity index (χ4v) is 1.98. The summed E-state index contributed by atoms with van der Waals surface area (Å²) in [6, 6.07) is 13.5. The zero-order chi connectivity index (χ0) is 16.8. The molecule has 0 unspecified atom stereocenters. The number of hydrogen-bond acceptors (Lipinski definition) is 4. The Kier molecular flexibility index (Phi) is 5.09. The number of anilines is 1. The van der Waals surface area contributed by atoms with Gasteiger partial charge in [-0.2, -0.15) is 0 Å². The van der Waals surface area contributed by atoms with E-state index in [1.54, 1.807) is 13.0 Å². The van der Waals surface area contributed by atoms with E-state index in [0.29, 0.717) is 11.3 Å². The van der Waals surface area contributed by atoms with Crippen LogP contribution in [0.3, 0.4) is 0 Å². The molecule has 1 N–H and O–H groups in total. The molecule has 0 spiro atoms. The van der Waals surface area contributed by atoms with Gasteiger partial charge in [0, 0.05) is 11.6 Å². The predicted molar refractivity (Wildman–Crippen MR) is 88.4 cm³/mol. The highest BCUT2D eigenvalue weighted by Gasteiger charge is 2.14. The van der Waals surface area contributed by atoms with Crippen LogP contribution in [0, 0.1) is 10.1 Å². The van der Waals surface area contributed by atoms with Gasteiger partial charge in [-0.3, -0.25) is 14.9 Å². The summed E-state index contributed by atoms with van der Waals surface area (Å²) in [7, 11) is 1.39. The molecule has 0 bridgehead atoms. The lowest BCUT2D eigenvalue weighted by Gasteiger charge is -2.10. The van der Waals surface area contributed by atoms with E-state index in [4.69, 9.17) is 4.74 Å². The molecule has 2 aromatic rings. The van der Waals surface area contributed by atoms with Crippen LogP contribution in [0.1, 0.15) is 12.5 Å². The molecule has 0 saturated heterocycles. The molecule has 118 valence electrons. The molecule has 2 rings (SSSR count). The van der Waals surface area contributed by atoms with Crippen molar-refractivity contribution in [2.45, 2.75) is 6.92 Å².